The number of carbonyl (C=O) groups is 1. The number of allylic oxidation sites excluding steroid dienone is 3. The van der Waals surface area contributed by atoms with Crippen LogP contribution >= 0.6 is 0 Å². The Balaban J connectivity index is 3.61. The highest BCUT2D eigenvalue weighted by atomic mass is 16.5. The van der Waals surface area contributed by atoms with Gasteiger partial charge in [-0.2, -0.15) is 0 Å². The lowest BCUT2D eigenvalue weighted by atomic mass is 10.1. The monoisotopic (exact) mass is 182 g/mol. The molecule has 2 heteroatoms. The summed E-state index contributed by atoms with van der Waals surface area (Å²) >= 11 is 0. The van der Waals surface area contributed by atoms with Gasteiger partial charge in [-0.3, -0.25) is 0 Å². The topological polar surface area (TPSA) is 26.3 Å². The Morgan fingerprint density at radius 1 is 1.38 bits per heavy atom. The Morgan fingerprint density at radius 3 is 2.62 bits per heavy atom. The van der Waals surface area contributed by atoms with Gasteiger partial charge in [-0.25, -0.2) is 4.79 Å². The summed E-state index contributed by atoms with van der Waals surface area (Å²) in [6, 6.07) is 0. The summed E-state index contributed by atoms with van der Waals surface area (Å²) in [6.07, 6.45) is 8.09. The lowest BCUT2D eigenvalue weighted by Gasteiger charge is -1.95. The first-order valence-electron chi connectivity index (χ1n) is 4.66. The molecule has 0 aromatic rings. The predicted octanol–water partition coefficient (Wildman–Crippen LogP) is 2.71. The van der Waals surface area contributed by atoms with Crippen LogP contribution in [0.25, 0.3) is 0 Å². The molecule has 0 aromatic carbocycles. The number of ether oxygens (including phenoxy) is 1. The Labute approximate surface area is 80.3 Å². The van der Waals surface area contributed by atoms with Gasteiger partial charge in [-0.15, -0.1) is 0 Å². The Bertz CT molecular complexity index is 190. The first-order chi connectivity index (χ1) is 6.16. The molecule has 0 heterocycles. The number of carbonyl (C=O) groups excluding carboxylic acids is 1. The van der Waals surface area contributed by atoms with E-state index in [1.54, 1.807) is 13.0 Å². The fourth-order valence-electron chi connectivity index (χ4n) is 0.754. The van der Waals surface area contributed by atoms with Gasteiger partial charge in [0, 0.05) is 6.08 Å². The van der Waals surface area contributed by atoms with Crippen LogP contribution in [0.3, 0.4) is 0 Å². The first-order valence-corrected chi connectivity index (χ1v) is 4.66. The highest BCUT2D eigenvalue weighted by Crippen LogP contribution is 1.99. The van der Waals surface area contributed by atoms with Gasteiger partial charge in [0.15, 0.2) is 0 Å². The van der Waals surface area contributed by atoms with E-state index in [0.29, 0.717) is 12.5 Å². The molecule has 74 valence electrons. The van der Waals surface area contributed by atoms with Crippen LogP contribution in [0, 0.1) is 5.92 Å². The van der Waals surface area contributed by atoms with Gasteiger partial charge in [-0.05, 0) is 19.3 Å². The normalized spacial score (nSPS) is 11.7. The van der Waals surface area contributed by atoms with E-state index in [1.165, 1.54) is 6.08 Å². The van der Waals surface area contributed by atoms with Crippen molar-refractivity contribution in [1.82, 2.24) is 0 Å². The molecule has 0 aliphatic rings. The van der Waals surface area contributed by atoms with E-state index in [-0.39, 0.29) is 5.97 Å². The van der Waals surface area contributed by atoms with Crippen molar-refractivity contribution < 1.29 is 9.53 Å². The minimum absolute atomic E-state index is 0.281. The van der Waals surface area contributed by atoms with E-state index >= 15 is 0 Å². The maximum Gasteiger partial charge on any atom is 0.330 e. The third-order valence-electron chi connectivity index (χ3n) is 1.37. The van der Waals surface area contributed by atoms with Crippen molar-refractivity contribution in [1.29, 1.82) is 0 Å². The molecule has 0 aromatic heterocycles. The van der Waals surface area contributed by atoms with Gasteiger partial charge in [0.25, 0.3) is 0 Å². The molecule has 0 atom stereocenters. The highest BCUT2D eigenvalue weighted by molar-refractivity contribution is 5.82. The van der Waals surface area contributed by atoms with Crippen molar-refractivity contribution >= 4 is 5.97 Å². The zero-order chi connectivity index (χ0) is 10.1. The molecule has 0 spiro atoms. The molecule has 0 fully saturated rings. The van der Waals surface area contributed by atoms with Gasteiger partial charge in [0.05, 0.1) is 6.61 Å². The molecule has 0 aliphatic heterocycles. The smallest absolute Gasteiger partial charge is 0.330 e. The zero-order valence-corrected chi connectivity index (χ0v) is 8.62. The van der Waals surface area contributed by atoms with Crippen LogP contribution < -0.4 is 0 Å². The summed E-state index contributed by atoms with van der Waals surface area (Å²) in [5, 5.41) is 0. The molecule has 0 rings (SSSR count). The van der Waals surface area contributed by atoms with Crippen LogP contribution in [-0.2, 0) is 9.53 Å². The van der Waals surface area contributed by atoms with Crippen molar-refractivity contribution in [3.05, 3.63) is 24.3 Å². The van der Waals surface area contributed by atoms with E-state index < -0.39 is 0 Å². The molecule has 0 bridgehead atoms. The van der Waals surface area contributed by atoms with E-state index in [0.717, 1.165) is 6.42 Å². The minimum atomic E-state index is -0.281. The van der Waals surface area contributed by atoms with Gasteiger partial charge in [-0.1, -0.05) is 32.1 Å². The van der Waals surface area contributed by atoms with E-state index in [2.05, 4.69) is 13.8 Å². The number of rotatable bonds is 5. The van der Waals surface area contributed by atoms with Crippen molar-refractivity contribution in [2.75, 3.05) is 6.61 Å². The van der Waals surface area contributed by atoms with Crippen molar-refractivity contribution in [3.63, 3.8) is 0 Å². The Morgan fingerprint density at radius 2 is 2.08 bits per heavy atom. The summed E-state index contributed by atoms with van der Waals surface area (Å²) in [5.74, 6) is 0.379. The second-order valence-electron chi connectivity index (χ2n) is 3.17. The van der Waals surface area contributed by atoms with Crippen LogP contribution in [0.4, 0.5) is 0 Å². The summed E-state index contributed by atoms with van der Waals surface area (Å²) in [4.78, 5) is 10.8. The molecule has 0 saturated heterocycles. The molecule has 0 saturated carbocycles. The van der Waals surface area contributed by atoms with Gasteiger partial charge >= 0.3 is 5.97 Å². The lowest BCUT2D eigenvalue weighted by molar-refractivity contribution is -0.137. The molecular formula is C11H18O2. The average Bonchev–Trinajstić information content (AvgIpc) is 2.03. The van der Waals surface area contributed by atoms with Crippen LogP contribution in [0.15, 0.2) is 24.3 Å². The Kier molecular flexibility index (Phi) is 6.98. The highest BCUT2D eigenvalue weighted by Gasteiger charge is 1.90. The minimum Gasteiger partial charge on any atom is -0.463 e. The van der Waals surface area contributed by atoms with E-state index in [4.69, 9.17) is 4.74 Å². The van der Waals surface area contributed by atoms with Crippen LogP contribution in [0.1, 0.15) is 27.2 Å². The van der Waals surface area contributed by atoms with Crippen molar-refractivity contribution in [2.45, 2.75) is 27.2 Å². The number of esters is 1. The predicted molar refractivity (Wildman–Crippen MR) is 54.4 cm³/mol. The van der Waals surface area contributed by atoms with Crippen molar-refractivity contribution in [2.24, 2.45) is 5.92 Å². The zero-order valence-electron chi connectivity index (χ0n) is 8.62. The fourth-order valence-corrected chi connectivity index (χ4v) is 0.754. The third kappa shape index (κ3) is 8.86. The fraction of sp³-hybridized carbons (Fsp3) is 0.545. The standard InChI is InChI=1S/C11H18O2/c1-4-13-11(12)9-7-5-6-8-10(2)3/h5-7,9-10H,4,8H2,1-3H3. The van der Waals surface area contributed by atoms with Gasteiger partial charge < -0.3 is 4.74 Å². The quantitative estimate of drug-likeness (QED) is 0.371. The third-order valence-corrected chi connectivity index (χ3v) is 1.37. The molecule has 0 amide bonds. The van der Waals surface area contributed by atoms with Crippen LogP contribution in [0.2, 0.25) is 0 Å². The number of hydrogen-bond acceptors (Lipinski definition) is 2. The molecule has 0 unspecified atom stereocenters. The SMILES string of the molecule is CCOC(=O)C=CC=CCC(C)C. The van der Waals surface area contributed by atoms with Crippen molar-refractivity contribution in [3.8, 4) is 0 Å². The summed E-state index contributed by atoms with van der Waals surface area (Å²) in [7, 11) is 0. The second-order valence-corrected chi connectivity index (χ2v) is 3.17. The van der Waals surface area contributed by atoms with Crippen LogP contribution in [0.5, 0.6) is 0 Å². The molecular weight excluding hydrogens is 164 g/mol. The maximum atomic E-state index is 10.8. The van der Waals surface area contributed by atoms with Crippen LogP contribution in [-0.4, -0.2) is 12.6 Å². The Hall–Kier alpha value is -1.05. The molecule has 0 radical (unpaired) electrons. The number of hydrogen-bond donors (Lipinski definition) is 0. The average molecular weight is 182 g/mol. The molecule has 2 nitrogen and oxygen atoms in total. The largest absolute Gasteiger partial charge is 0.463 e. The first kappa shape index (κ1) is 11.9. The molecule has 0 N–H and O–H groups in total. The maximum absolute atomic E-state index is 10.8. The summed E-state index contributed by atoms with van der Waals surface area (Å²) in [6.45, 7) is 6.53. The van der Waals surface area contributed by atoms with Gasteiger partial charge in [0.2, 0.25) is 0 Å². The summed E-state index contributed by atoms with van der Waals surface area (Å²) in [5.41, 5.74) is 0. The summed E-state index contributed by atoms with van der Waals surface area (Å²) < 4.78 is 4.71. The van der Waals surface area contributed by atoms with E-state index in [9.17, 15) is 4.79 Å². The molecule has 13 heavy (non-hydrogen) atoms. The second kappa shape index (κ2) is 7.59. The van der Waals surface area contributed by atoms with E-state index in [1.807, 2.05) is 12.2 Å². The molecule has 0 aliphatic carbocycles. The lowest BCUT2D eigenvalue weighted by Crippen LogP contribution is -1.98. The van der Waals surface area contributed by atoms with Gasteiger partial charge in [0.1, 0.15) is 0 Å².